The van der Waals surface area contributed by atoms with Crippen molar-refractivity contribution in [3.63, 3.8) is 0 Å². The van der Waals surface area contributed by atoms with Crippen molar-refractivity contribution in [1.82, 2.24) is 9.80 Å². The summed E-state index contributed by atoms with van der Waals surface area (Å²) in [6.07, 6.45) is 14.1. The van der Waals surface area contributed by atoms with Gasteiger partial charge < -0.3 is 14.5 Å². The highest BCUT2D eigenvalue weighted by atomic mass is 16.5. The zero-order valence-corrected chi connectivity index (χ0v) is 16.6. The normalized spacial score (nSPS) is 14.0. The van der Waals surface area contributed by atoms with Crippen LogP contribution in [0.1, 0.15) is 79.1 Å². The Bertz CT molecular complexity index is 360. The molecule has 0 radical (unpaired) electrons. The van der Waals surface area contributed by atoms with Gasteiger partial charge in [0.15, 0.2) is 0 Å². The third-order valence-corrected chi connectivity index (χ3v) is 4.69. The summed E-state index contributed by atoms with van der Waals surface area (Å²) >= 11 is 0. The Morgan fingerprint density at radius 1 is 0.750 bits per heavy atom. The van der Waals surface area contributed by atoms with E-state index in [0.29, 0.717) is 0 Å². The Morgan fingerprint density at radius 3 is 1.67 bits per heavy atom. The Kier molecular flexibility index (Phi) is 11.5. The average molecular weight is 337 g/mol. The molecule has 1 rings (SSSR count). The fourth-order valence-corrected chi connectivity index (χ4v) is 3.08. The first kappa shape index (κ1) is 20.9. The van der Waals surface area contributed by atoms with Gasteiger partial charge in [-0.15, -0.1) is 0 Å². The lowest BCUT2D eigenvalue weighted by atomic mass is 10.1. The summed E-state index contributed by atoms with van der Waals surface area (Å²) in [5.74, 6) is 0. The van der Waals surface area contributed by atoms with Gasteiger partial charge in [-0.1, -0.05) is 53.4 Å². The Hall–Kier alpha value is -1.12. The Morgan fingerprint density at radius 2 is 1.21 bits per heavy atom. The molecule has 0 aromatic heterocycles. The summed E-state index contributed by atoms with van der Waals surface area (Å²) in [4.78, 5) is 5.20. The Labute approximate surface area is 150 Å². The van der Waals surface area contributed by atoms with Crippen LogP contribution in [0.25, 0.3) is 0 Å². The van der Waals surface area contributed by atoms with Crippen LogP contribution in [0.4, 0.5) is 0 Å². The largest absolute Gasteiger partial charge is 0.495 e. The Balaban J connectivity index is 2.99. The first-order valence-electron chi connectivity index (χ1n) is 10.3. The number of allylic oxidation sites excluding steroid dienone is 1. The molecule has 0 unspecified atom stereocenters. The van der Waals surface area contributed by atoms with E-state index in [2.05, 4.69) is 43.6 Å². The van der Waals surface area contributed by atoms with Crippen LogP contribution in [-0.2, 0) is 4.74 Å². The molecule has 3 nitrogen and oxygen atoms in total. The van der Waals surface area contributed by atoms with E-state index in [9.17, 15) is 0 Å². The summed E-state index contributed by atoms with van der Waals surface area (Å²) in [5.41, 5.74) is 2.82. The second kappa shape index (κ2) is 13.2. The molecule has 0 fully saturated rings. The molecule has 0 aromatic rings. The molecule has 140 valence electrons. The van der Waals surface area contributed by atoms with Gasteiger partial charge in [-0.25, -0.2) is 0 Å². The molecule has 0 aromatic carbocycles. The van der Waals surface area contributed by atoms with E-state index in [4.69, 9.17) is 4.74 Å². The summed E-state index contributed by atoms with van der Waals surface area (Å²) in [5, 5.41) is 0. The van der Waals surface area contributed by atoms with Crippen LogP contribution in [0.3, 0.4) is 0 Å². The number of nitrogens with zero attached hydrogens (tertiary/aromatic N) is 2. The summed E-state index contributed by atoms with van der Waals surface area (Å²) < 4.78 is 5.71. The fraction of sp³-hybridized carbons (Fsp3) is 0.810. The summed E-state index contributed by atoms with van der Waals surface area (Å²) in [7, 11) is 0. The van der Waals surface area contributed by atoms with Crippen molar-refractivity contribution in [2.75, 3.05) is 32.8 Å². The SMILES string of the molecule is CCCCN(CCCC)C1=C(N(CCCC)CCCC)COC=C1. The predicted octanol–water partition coefficient (Wildman–Crippen LogP) is 5.55. The highest BCUT2D eigenvalue weighted by Crippen LogP contribution is 2.23. The number of ether oxygens (including phenoxy) is 1. The van der Waals surface area contributed by atoms with Gasteiger partial charge in [0.25, 0.3) is 0 Å². The van der Waals surface area contributed by atoms with Crippen molar-refractivity contribution in [2.24, 2.45) is 0 Å². The van der Waals surface area contributed by atoms with Gasteiger partial charge in [0.05, 0.1) is 17.7 Å². The smallest absolute Gasteiger partial charge is 0.129 e. The molecule has 1 heterocycles. The molecule has 0 aliphatic carbocycles. The van der Waals surface area contributed by atoms with E-state index in [1.165, 1.54) is 62.8 Å². The molecule has 0 N–H and O–H groups in total. The molecular weight excluding hydrogens is 296 g/mol. The average Bonchev–Trinajstić information content (AvgIpc) is 2.62. The maximum atomic E-state index is 5.71. The molecular formula is C21H40N2O. The number of rotatable bonds is 14. The van der Waals surface area contributed by atoms with E-state index >= 15 is 0 Å². The van der Waals surface area contributed by atoms with Crippen LogP contribution in [-0.4, -0.2) is 42.6 Å². The minimum atomic E-state index is 0.730. The highest BCUT2D eigenvalue weighted by molar-refractivity contribution is 5.26. The van der Waals surface area contributed by atoms with Crippen molar-refractivity contribution in [2.45, 2.75) is 79.1 Å². The molecule has 1 aliphatic rings. The van der Waals surface area contributed by atoms with Gasteiger partial charge in [0.1, 0.15) is 6.61 Å². The van der Waals surface area contributed by atoms with Gasteiger partial charge in [0.2, 0.25) is 0 Å². The van der Waals surface area contributed by atoms with Crippen molar-refractivity contribution in [3.05, 3.63) is 23.7 Å². The van der Waals surface area contributed by atoms with Gasteiger partial charge in [-0.2, -0.15) is 0 Å². The second-order valence-electron chi connectivity index (χ2n) is 6.83. The molecule has 1 aliphatic heterocycles. The molecule has 0 saturated carbocycles. The molecule has 0 atom stereocenters. The van der Waals surface area contributed by atoms with Gasteiger partial charge in [0, 0.05) is 26.2 Å². The zero-order chi connectivity index (χ0) is 17.6. The van der Waals surface area contributed by atoms with Crippen LogP contribution in [0.5, 0.6) is 0 Å². The molecule has 24 heavy (non-hydrogen) atoms. The lowest BCUT2D eigenvalue weighted by molar-refractivity contribution is 0.197. The van der Waals surface area contributed by atoms with Gasteiger partial charge >= 0.3 is 0 Å². The van der Waals surface area contributed by atoms with Crippen LogP contribution >= 0.6 is 0 Å². The fourth-order valence-electron chi connectivity index (χ4n) is 3.08. The molecule has 3 heteroatoms. The van der Waals surface area contributed by atoms with Crippen molar-refractivity contribution in [3.8, 4) is 0 Å². The molecule has 0 spiro atoms. The first-order chi connectivity index (χ1) is 11.8. The summed E-state index contributed by atoms with van der Waals surface area (Å²) in [6, 6.07) is 0. The number of hydrogen-bond donors (Lipinski definition) is 0. The van der Waals surface area contributed by atoms with E-state index in [0.717, 1.165) is 32.8 Å². The lowest BCUT2D eigenvalue weighted by Crippen LogP contribution is -2.35. The monoisotopic (exact) mass is 336 g/mol. The van der Waals surface area contributed by atoms with Crippen molar-refractivity contribution >= 4 is 0 Å². The van der Waals surface area contributed by atoms with Gasteiger partial charge in [-0.05, 0) is 31.8 Å². The maximum Gasteiger partial charge on any atom is 0.129 e. The second-order valence-corrected chi connectivity index (χ2v) is 6.83. The molecule has 0 bridgehead atoms. The minimum Gasteiger partial charge on any atom is -0.495 e. The summed E-state index contributed by atoms with van der Waals surface area (Å²) in [6.45, 7) is 14.5. The third kappa shape index (κ3) is 7.19. The van der Waals surface area contributed by atoms with E-state index in [1.807, 2.05) is 6.26 Å². The minimum absolute atomic E-state index is 0.730. The molecule has 0 saturated heterocycles. The van der Waals surface area contributed by atoms with Crippen molar-refractivity contribution in [1.29, 1.82) is 0 Å². The topological polar surface area (TPSA) is 15.7 Å². The first-order valence-corrected chi connectivity index (χ1v) is 10.3. The van der Waals surface area contributed by atoms with E-state index < -0.39 is 0 Å². The van der Waals surface area contributed by atoms with Crippen LogP contribution in [0.2, 0.25) is 0 Å². The standard InChI is InChI=1S/C21H40N2O/c1-5-9-14-22(15-10-6-2)20-13-18-24-19-21(20)23(16-11-7-3)17-12-8-4/h13,18H,5-12,14-17,19H2,1-4H3. The van der Waals surface area contributed by atoms with E-state index in [1.54, 1.807) is 0 Å². The van der Waals surface area contributed by atoms with E-state index in [-0.39, 0.29) is 0 Å². The van der Waals surface area contributed by atoms with Crippen LogP contribution < -0.4 is 0 Å². The number of hydrogen-bond acceptors (Lipinski definition) is 3. The van der Waals surface area contributed by atoms with Crippen LogP contribution in [0, 0.1) is 0 Å². The zero-order valence-electron chi connectivity index (χ0n) is 16.6. The predicted molar refractivity (Wildman–Crippen MR) is 105 cm³/mol. The lowest BCUT2D eigenvalue weighted by Gasteiger charge is -2.35. The number of unbranched alkanes of at least 4 members (excludes halogenated alkanes) is 4. The highest BCUT2D eigenvalue weighted by Gasteiger charge is 2.20. The third-order valence-electron chi connectivity index (χ3n) is 4.69. The molecule has 0 amide bonds. The van der Waals surface area contributed by atoms with Crippen LogP contribution in [0.15, 0.2) is 23.7 Å². The van der Waals surface area contributed by atoms with Gasteiger partial charge in [-0.3, -0.25) is 0 Å². The van der Waals surface area contributed by atoms with Crippen molar-refractivity contribution < 1.29 is 4.74 Å². The maximum absolute atomic E-state index is 5.71. The quantitative estimate of drug-likeness (QED) is 0.414.